The Morgan fingerprint density at radius 1 is 0.974 bits per heavy atom. The van der Waals surface area contributed by atoms with E-state index in [1.807, 2.05) is 0 Å². The summed E-state index contributed by atoms with van der Waals surface area (Å²) in [7, 11) is 2.56. The smallest absolute Gasteiger partial charge is 0.360 e. The SMILES string of the molecule is COC(=O)c1cc(-c2cccc(NC(=O)c3ccc(/C=C/C(=O)c4ccc(OC)c([N+](=O)[O-])c4)cc3)c2)on1. The highest BCUT2D eigenvalue weighted by Crippen LogP contribution is 2.28. The van der Waals surface area contributed by atoms with E-state index in [0.717, 1.165) is 6.07 Å². The predicted octanol–water partition coefficient (Wildman–Crippen LogP) is 5.19. The van der Waals surface area contributed by atoms with Gasteiger partial charge in [0.05, 0.1) is 19.1 Å². The molecular weight excluding hydrogens is 506 g/mol. The van der Waals surface area contributed by atoms with Gasteiger partial charge in [0, 0.05) is 34.5 Å². The lowest BCUT2D eigenvalue weighted by Gasteiger charge is -2.07. The van der Waals surface area contributed by atoms with E-state index in [2.05, 4.69) is 15.2 Å². The number of hydrogen-bond donors (Lipinski definition) is 1. The largest absolute Gasteiger partial charge is 0.490 e. The molecule has 1 N–H and O–H groups in total. The van der Waals surface area contributed by atoms with E-state index in [0.29, 0.717) is 28.1 Å². The normalized spacial score (nSPS) is 10.7. The quantitative estimate of drug-likeness (QED) is 0.102. The van der Waals surface area contributed by atoms with Crippen LogP contribution in [0, 0.1) is 10.1 Å². The summed E-state index contributed by atoms with van der Waals surface area (Å²) in [5, 5.41) is 17.7. The summed E-state index contributed by atoms with van der Waals surface area (Å²) in [6.45, 7) is 0. The average molecular weight is 527 g/mol. The number of hydrogen-bond acceptors (Lipinski definition) is 9. The van der Waals surface area contributed by atoms with Gasteiger partial charge in [0.1, 0.15) is 0 Å². The lowest BCUT2D eigenvalue weighted by atomic mass is 10.1. The number of esters is 1. The molecule has 0 radical (unpaired) electrons. The van der Waals surface area contributed by atoms with Crippen LogP contribution in [-0.4, -0.2) is 42.0 Å². The van der Waals surface area contributed by atoms with Crippen molar-refractivity contribution < 1.29 is 33.3 Å². The van der Waals surface area contributed by atoms with Gasteiger partial charge < -0.3 is 19.3 Å². The van der Waals surface area contributed by atoms with Crippen molar-refractivity contribution in [3.05, 3.63) is 111 Å². The lowest BCUT2D eigenvalue weighted by Crippen LogP contribution is -2.11. The van der Waals surface area contributed by atoms with Gasteiger partial charge in [0.25, 0.3) is 5.91 Å². The fourth-order valence-corrected chi connectivity index (χ4v) is 3.57. The number of aromatic nitrogens is 1. The van der Waals surface area contributed by atoms with Crippen molar-refractivity contribution in [2.24, 2.45) is 0 Å². The number of benzene rings is 3. The Hall–Kier alpha value is -5.58. The fraction of sp³-hybridized carbons (Fsp3) is 0.0714. The van der Waals surface area contributed by atoms with Crippen LogP contribution in [0.2, 0.25) is 0 Å². The Balaban J connectivity index is 1.42. The van der Waals surface area contributed by atoms with Crippen LogP contribution in [0.3, 0.4) is 0 Å². The van der Waals surface area contributed by atoms with Crippen LogP contribution in [-0.2, 0) is 4.74 Å². The number of nitrogens with zero attached hydrogens (tertiary/aromatic N) is 2. The molecule has 3 aromatic carbocycles. The first kappa shape index (κ1) is 26.5. The van der Waals surface area contributed by atoms with Crippen molar-refractivity contribution in [3.63, 3.8) is 0 Å². The summed E-state index contributed by atoms with van der Waals surface area (Å²) in [5.41, 5.74) is 2.00. The summed E-state index contributed by atoms with van der Waals surface area (Å²) >= 11 is 0. The van der Waals surface area contributed by atoms with Crippen molar-refractivity contribution in [1.29, 1.82) is 0 Å². The molecular formula is C28H21N3O8. The maximum atomic E-state index is 12.8. The topological polar surface area (TPSA) is 151 Å². The minimum atomic E-state index is -0.623. The molecule has 0 bridgehead atoms. The monoisotopic (exact) mass is 527 g/mol. The van der Waals surface area contributed by atoms with Crippen LogP contribution >= 0.6 is 0 Å². The second-order valence-electron chi connectivity index (χ2n) is 8.07. The number of ketones is 1. The van der Waals surface area contributed by atoms with E-state index in [-0.39, 0.29) is 28.6 Å². The van der Waals surface area contributed by atoms with Crippen molar-refractivity contribution in [1.82, 2.24) is 5.16 Å². The minimum Gasteiger partial charge on any atom is -0.490 e. The van der Waals surface area contributed by atoms with E-state index < -0.39 is 16.7 Å². The molecule has 0 aliphatic heterocycles. The highest BCUT2D eigenvalue weighted by atomic mass is 16.6. The van der Waals surface area contributed by atoms with Gasteiger partial charge in [-0.25, -0.2) is 4.79 Å². The zero-order chi connectivity index (χ0) is 27.9. The van der Waals surface area contributed by atoms with Crippen LogP contribution in [0.4, 0.5) is 11.4 Å². The average Bonchev–Trinajstić information content (AvgIpc) is 3.46. The molecule has 0 atom stereocenters. The Bertz CT molecular complexity index is 1590. The van der Waals surface area contributed by atoms with E-state index in [1.165, 1.54) is 38.5 Å². The van der Waals surface area contributed by atoms with Crippen LogP contribution in [0.25, 0.3) is 17.4 Å². The molecule has 4 rings (SSSR count). The van der Waals surface area contributed by atoms with Gasteiger partial charge in [-0.2, -0.15) is 0 Å². The molecule has 0 spiro atoms. The molecule has 0 fully saturated rings. The Morgan fingerprint density at radius 2 is 1.72 bits per heavy atom. The summed E-state index contributed by atoms with van der Waals surface area (Å²) in [6.07, 6.45) is 2.84. The first-order chi connectivity index (χ1) is 18.8. The molecule has 0 unspecified atom stereocenters. The molecule has 0 saturated carbocycles. The van der Waals surface area contributed by atoms with E-state index in [9.17, 15) is 24.5 Å². The molecule has 0 aliphatic carbocycles. The predicted molar refractivity (Wildman–Crippen MR) is 141 cm³/mol. The summed E-state index contributed by atoms with van der Waals surface area (Å²) < 4.78 is 14.8. The van der Waals surface area contributed by atoms with Gasteiger partial charge >= 0.3 is 11.7 Å². The highest BCUT2D eigenvalue weighted by molar-refractivity contribution is 6.07. The molecule has 39 heavy (non-hydrogen) atoms. The third-order valence-corrected chi connectivity index (χ3v) is 5.57. The Labute approximate surface area is 221 Å². The number of nitro groups is 1. The van der Waals surface area contributed by atoms with Gasteiger partial charge in [0.2, 0.25) is 0 Å². The fourth-order valence-electron chi connectivity index (χ4n) is 3.57. The number of nitrogens with one attached hydrogen (secondary N) is 1. The second kappa shape index (κ2) is 11.6. The Kier molecular flexibility index (Phi) is 7.91. The number of allylic oxidation sites excluding steroid dienone is 1. The molecule has 4 aromatic rings. The molecule has 196 valence electrons. The lowest BCUT2D eigenvalue weighted by molar-refractivity contribution is -0.385. The molecule has 0 aliphatic rings. The number of amides is 1. The first-order valence-electron chi connectivity index (χ1n) is 11.4. The van der Waals surface area contributed by atoms with Gasteiger partial charge in [-0.05, 0) is 48.0 Å². The number of carbonyl (C=O) groups is 3. The van der Waals surface area contributed by atoms with Crippen LogP contribution in [0.5, 0.6) is 5.75 Å². The maximum absolute atomic E-state index is 12.8. The summed E-state index contributed by atoms with van der Waals surface area (Å²) in [6, 6.07) is 18.8. The van der Waals surface area contributed by atoms with Gasteiger partial charge in [0.15, 0.2) is 23.0 Å². The number of anilines is 1. The summed E-state index contributed by atoms with van der Waals surface area (Å²) in [4.78, 5) is 47.4. The van der Waals surface area contributed by atoms with Gasteiger partial charge in [-0.3, -0.25) is 19.7 Å². The molecule has 1 aromatic heterocycles. The molecule has 11 heteroatoms. The van der Waals surface area contributed by atoms with Crippen molar-refractivity contribution in [2.45, 2.75) is 0 Å². The highest BCUT2D eigenvalue weighted by Gasteiger charge is 2.17. The number of carbonyl (C=O) groups excluding carboxylic acids is 3. The molecule has 11 nitrogen and oxygen atoms in total. The van der Waals surface area contributed by atoms with Crippen LogP contribution < -0.4 is 10.1 Å². The first-order valence-corrected chi connectivity index (χ1v) is 11.4. The molecule has 1 amide bonds. The minimum absolute atomic E-state index is 0.0306. The standard InChI is InChI=1S/C28H21N3O8/c1-37-25-13-11-19(15-23(25)31(35)36)24(32)12-8-17-6-9-18(10-7-17)27(33)29-21-5-3-4-20(14-21)26-16-22(30-39-26)28(34)38-2/h3-16H,1-2H3,(H,29,33)/b12-8+. The van der Waals surface area contributed by atoms with E-state index >= 15 is 0 Å². The Morgan fingerprint density at radius 3 is 2.41 bits per heavy atom. The summed E-state index contributed by atoms with van der Waals surface area (Å²) in [5.74, 6) is -1.01. The molecule has 0 saturated heterocycles. The second-order valence-corrected chi connectivity index (χ2v) is 8.07. The third-order valence-electron chi connectivity index (χ3n) is 5.57. The van der Waals surface area contributed by atoms with Crippen LogP contribution in [0.1, 0.15) is 36.8 Å². The molecule has 1 heterocycles. The third kappa shape index (κ3) is 6.23. The number of ether oxygens (including phenoxy) is 2. The number of methoxy groups -OCH3 is 2. The van der Waals surface area contributed by atoms with Crippen molar-refractivity contribution in [3.8, 4) is 17.1 Å². The van der Waals surface area contributed by atoms with Crippen molar-refractivity contribution in [2.75, 3.05) is 19.5 Å². The zero-order valence-corrected chi connectivity index (χ0v) is 20.7. The van der Waals surface area contributed by atoms with E-state index in [4.69, 9.17) is 9.26 Å². The number of rotatable bonds is 9. The van der Waals surface area contributed by atoms with E-state index in [1.54, 1.807) is 54.6 Å². The van der Waals surface area contributed by atoms with Gasteiger partial charge in [-0.1, -0.05) is 35.5 Å². The van der Waals surface area contributed by atoms with Crippen LogP contribution in [0.15, 0.2) is 83.4 Å². The van der Waals surface area contributed by atoms with Gasteiger partial charge in [-0.15, -0.1) is 0 Å². The van der Waals surface area contributed by atoms with Crippen molar-refractivity contribution >= 4 is 35.1 Å². The maximum Gasteiger partial charge on any atom is 0.360 e. The number of nitro benzene ring substituents is 1. The zero-order valence-electron chi connectivity index (χ0n) is 20.7.